The molecule has 0 bridgehead atoms. The number of carbonyl (C=O) groups is 1. The fourth-order valence-corrected chi connectivity index (χ4v) is 0.395. The van der Waals surface area contributed by atoms with E-state index in [1.165, 1.54) is 0 Å². The Morgan fingerprint density at radius 3 is 2.00 bits per heavy atom. The minimum Gasteiger partial charge on any atom is -0.388 e. The summed E-state index contributed by atoms with van der Waals surface area (Å²) in [6.45, 7) is 2.89. The third kappa shape index (κ3) is 3.64. The first-order chi connectivity index (χ1) is 6.62. The molecule has 0 amide bonds. The van der Waals surface area contributed by atoms with E-state index in [2.05, 4.69) is 11.3 Å². The molecular weight excluding hydrogens is 230 g/mol. The predicted octanol–water partition coefficient (Wildman–Crippen LogP) is 2.72. The highest BCUT2D eigenvalue weighted by molar-refractivity contribution is 5.86. The highest BCUT2D eigenvalue weighted by atomic mass is 19.4. The van der Waals surface area contributed by atoms with Crippen molar-refractivity contribution in [2.24, 2.45) is 0 Å². The number of alkyl halides is 5. The molecule has 0 aliphatic carbocycles. The maximum atomic E-state index is 12.3. The minimum absolute atomic E-state index is 0.286. The molecule has 0 rings (SSSR count). The molecule has 0 aliphatic heterocycles. The van der Waals surface area contributed by atoms with Crippen LogP contribution in [-0.4, -0.2) is 18.3 Å². The quantitative estimate of drug-likeness (QED) is 0.325. The zero-order chi connectivity index (χ0) is 12.3. The maximum Gasteiger partial charge on any atom is 0.501 e. The number of esters is 1. The van der Waals surface area contributed by atoms with Gasteiger partial charge in [0.1, 0.15) is 0 Å². The van der Waals surface area contributed by atoms with Crippen LogP contribution in [0.15, 0.2) is 24.6 Å². The Kier molecular flexibility index (Phi) is 3.94. The van der Waals surface area contributed by atoms with Crippen molar-refractivity contribution in [1.29, 1.82) is 0 Å². The molecule has 0 aromatic heterocycles. The lowest BCUT2D eigenvalue weighted by molar-refractivity contribution is -0.375. The number of carbonyl (C=O) groups excluding carboxylic acids is 1. The van der Waals surface area contributed by atoms with Crippen molar-refractivity contribution < 1.29 is 35.9 Å². The summed E-state index contributed by atoms with van der Waals surface area (Å²) in [5.74, 6) is -4.33. The van der Waals surface area contributed by atoms with Crippen molar-refractivity contribution in [3.05, 3.63) is 24.6 Å². The van der Waals surface area contributed by atoms with Crippen LogP contribution in [-0.2, 0) is 9.53 Å². The summed E-state index contributed by atoms with van der Waals surface area (Å²) in [6, 6.07) is 0. The van der Waals surface area contributed by atoms with Gasteiger partial charge < -0.3 is 4.74 Å². The first-order valence-electron chi connectivity index (χ1n) is 3.28. The summed E-state index contributed by atoms with van der Waals surface area (Å²) in [6.07, 6.45) is -10.8. The van der Waals surface area contributed by atoms with Gasteiger partial charge in [0, 0.05) is 0 Å². The normalized spacial score (nSPS) is 13.6. The number of allylic oxidation sites excluding steroid dienone is 2. The van der Waals surface area contributed by atoms with E-state index in [0.29, 0.717) is 6.08 Å². The monoisotopic (exact) mass is 234 g/mol. The Bertz CT molecular complexity index is 290. The van der Waals surface area contributed by atoms with Gasteiger partial charge >= 0.3 is 18.3 Å². The van der Waals surface area contributed by atoms with Crippen molar-refractivity contribution in [2.45, 2.75) is 12.3 Å². The fraction of sp³-hybridized carbons (Fsp3) is 0.286. The third-order valence-corrected chi connectivity index (χ3v) is 1.01. The van der Waals surface area contributed by atoms with Crippen LogP contribution in [0.2, 0.25) is 0 Å². The SMILES string of the molecule is C=CC=C(F)C(=O)OC(F)(F)C(F)(F)F. The van der Waals surface area contributed by atoms with Gasteiger partial charge in [0.05, 0.1) is 0 Å². The van der Waals surface area contributed by atoms with Gasteiger partial charge in [-0.25, -0.2) is 4.79 Å². The lowest BCUT2D eigenvalue weighted by atomic mass is 10.4. The zero-order valence-electron chi connectivity index (χ0n) is 6.95. The van der Waals surface area contributed by atoms with Gasteiger partial charge in [-0.1, -0.05) is 12.7 Å². The number of hydrogen-bond acceptors (Lipinski definition) is 2. The molecule has 0 aromatic carbocycles. The summed E-state index contributed by atoms with van der Waals surface area (Å²) in [5.41, 5.74) is 0. The third-order valence-electron chi connectivity index (χ3n) is 1.01. The van der Waals surface area contributed by atoms with Gasteiger partial charge in [-0.3, -0.25) is 0 Å². The van der Waals surface area contributed by atoms with Crippen LogP contribution in [0.4, 0.5) is 26.3 Å². The first kappa shape index (κ1) is 13.5. The van der Waals surface area contributed by atoms with Gasteiger partial charge in [0.15, 0.2) is 0 Å². The molecule has 0 aliphatic rings. The summed E-state index contributed by atoms with van der Waals surface area (Å²) >= 11 is 0. The van der Waals surface area contributed by atoms with Crippen molar-refractivity contribution in [3.8, 4) is 0 Å². The Morgan fingerprint density at radius 2 is 1.67 bits per heavy atom. The Hall–Kier alpha value is -1.47. The van der Waals surface area contributed by atoms with E-state index < -0.39 is 24.1 Å². The van der Waals surface area contributed by atoms with E-state index >= 15 is 0 Å². The average Bonchev–Trinajstić information content (AvgIpc) is 2.01. The maximum absolute atomic E-state index is 12.3. The summed E-state index contributed by atoms with van der Waals surface area (Å²) in [4.78, 5) is 10.3. The Labute approximate surface area is 79.8 Å². The molecule has 0 N–H and O–H groups in total. The van der Waals surface area contributed by atoms with Crippen molar-refractivity contribution in [3.63, 3.8) is 0 Å². The van der Waals surface area contributed by atoms with Gasteiger partial charge in [0.25, 0.3) is 0 Å². The standard InChI is InChI=1S/C7H4F6O2/c1-2-3-4(8)5(14)15-7(12,13)6(9,10)11/h2-3H,1H2. The second-order valence-corrected chi connectivity index (χ2v) is 2.15. The fourth-order valence-electron chi connectivity index (χ4n) is 0.395. The molecule has 0 unspecified atom stereocenters. The average molecular weight is 234 g/mol. The largest absolute Gasteiger partial charge is 0.501 e. The van der Waals surface area contributed by atoms with E-state index in [1.807, 2.05) is 0 Å². The van der Waals surface area contributed by atoms with E-state index in [1.54, 1.807) is 0 Å². The highest BCUT2D eigenvalue weighted by Gasteiger charge is 2.62. The Morgan fingerprint density at radius 1 is 1.20 bits per heavy atom. The number of hydrogen-bond donors (Lipinski definition) is 0. The molecule has 0 spiro atoms. The number of rotatable bonds is 3. The first-order valence-corrected chi connectivity index (χ1v) is 3.28. The van der Waals surface area contributed by atoms with Gasteiger partial charge in [0.2, 0.25) is 5.83 Å². The van der Waals surface area contributed by atoms with Crippen molar-refractivity contribution in [2.75, 3.05) is 0 Å². The van der Waals surface area contributed by atoms with Crippen molar-refractivity contribution in [1.82, 2.24) is 0 Å². The zero-order valence-corrected chi connectivity index (χ0v) is 6.95. The predicted molar refractivity (Wildman–Crippen MR) is 36.5 cm³/mol. The lowest BCUT2D eigenvalue weighted by Gasteiger charge is -2.18. The van der Waals surface area contributed by atoms with E-state index in [0.717, 1.165) is 0 Å². The van der Waals surface area contributed by atoms with Crippen LogP contribution in [0.25, 0.3) is 0 Å². The Balaban J connectivity index is 4.69. The van der Waals surface area contributed by atoms with Crippen LogP contribution in [0, 0.1) is 0 Å². The van der Waals surface area contributed by atoms with Crippen LogP contribution in [0.3, 0.4) is 0 Å². The molecule has 0 heterocycles. The van der Waals surface area contributed by atoms with Gasteiger partial charge in [-0.15, -0.1) is 0 Å². The molecule has 0 saturated heterocycles. The minimum atomic E-state index is -6.09. The van der Waals surface area contributed by atoms with Crippen LogP contribution in [0.1, 0.15) is 0 Å². The van der Waals surface area contributed by atoms with E-state index in [4.69, 9.17) is 0 Å². The van der Waals surface area contributed by atoms with Crippen molar-refractivity contribution >= 4 is 5.97 Å². The molecule has 0 saturated carbocycles. The molecule has 0 aromatic rings. The summed E-state index contributed by atoms with van der Waals surface area (Å²) < 4.78 is 73.3. The molecule has 0 atom stereocenters. The lowest BCUT2D eigenvalue weighted by Crippen LogP contribution is -2.40. The topological polar surface area (TPSA) is 26.3 Å². The smallest absolute Gasteiger partial charge is 0.388 e. The molecule has 2 nitrogen and oxygen atoms in total. The van der Waals surface area contributed by atoms with E-state index in [9.17, 15) is 31.1 Å². The molecule has 8 heteroatoms. The van der Waals surface area contributed by atoms with E-state index in [-0.39, 0.29) is 6.08 Å². The van der Waals surface area contributed by atoms with Crippen LogP contribution >= 0.6 is 0 Å². The summed E-state index contributed by atoms with van der Waals surface area (Å²) in [5, 5.41) is 0. The van der Waals surface area contributed by atoms with Crippen LogP contribution < -0.4 is 0 Å². The van der Waals surface area contributed by atoms with Gasteiger partial charge in [-0.2, -0.15) is 26.3 Å². The number of ether oxygens (including phenoxy) is 1. The second-order valence-electron chi connectivity index (χ2n) is 2.15. The highest BCUT2D eigenvalue weighted by Crippen LogP contribution is 2.36. The molecule has 0 fully saturated rings. The molecule has 0 radical (unpaired) electrons. The van der Waals surface area contributed by atoms with Gasteiger partial charge in [-0.05, 0) is 6.08 Å². The van der Waals surface area contributed by atoms with Crippen LogP contribution in [0.5, 0.6) is 0 Å². The molecule has 15 heavy (non-hydrogen) atoms. The number of halogens is 6. The second kappa shape index (κ2) is 4.37. The molecule has 86 valence electrons. The summed E-state index contributed by atoms with van der Waals surface area (Å²) in [7, 11) is 0. The molecular formula is C7H4F6O2.